The van der Waals surface area contributed by atoms with E-state index in [0.29, 0.717) is 11.6 Å². The summed E-state index contributed by atoms with van der Waals surface area (Å²) in [6, 6.07) is 4.84. The number of aliphatic hydroxyl groups is 1. The Bertz CT molecular complexity index is 253. The van der Waals surface area contributed by atoms with Crippen LogP contribution in [0.25, 0.3) is 0 Å². The second kappa shape index (κ2) is 4.04. The number of aliphatic hydroxyl groups excluding tert-OH is 1. The zero-order chi connectivity index (χ0) is 8.97. The van der Waals surface area contributed by atoms with Gasteiger partial charge in [-0.15, -0.1) is 0 Å². The molecular formula is C8H12N2O2. The molecule has 0 unspecified atom stereocenters. The maximum atomic E-state index is 8.75. The van der Waals surface area contributed by atoms with Crippen LogP contribution >= 0.6 is 0 Å². The van der Waals surface area contributed by atoms with Crippen LogP contribution in [-0.4, -0.2) is 23.8 Å². The minimum atomic E-state index is -0.430. The van der Waals surface area contributed by atoms with E-state index in [1.807, 2.05) is 0 Å². The van der Waals surface area contributed by atoms with Crippen LogP contribution in [0.5, 0.6) is 5.88 Å². The first-order chi connectivity index (χ1) is 5.77. The third-order valence-corrected chi connectivity index (χ3v) is 1.53. The summed E-state index contributed by atoms with van der Waals surface area (Å²) in [5.74, 6) is 0.511. The fourth-order valence-corrected chi connectivity index (χ4v) is 0.845. The first-order valence-electron chi connectivity index (χ1n) is 3.65. The van der Waals surface area contributed by atoms with Crippen molar-refractivity contribution in [1.82, 2.24) is 4.98 Å². The van der Waals surface area contributed by atoms with Crippen molar-refractivity contribution >= 4 is 0 Å². The van der Waals surface area contributed by atoms with Crippen LogP contribution in [0.4, 0.5) is 0 Å². The molecule has 1 rings (SSSR count). The number of methoxy groups -OCH3 is 1. The average molecular weight is 168 g/mol. The maximum Gasteiger partial charge on any atom is 0.213 e. The number of nitrogens with two attached hydrogens (primary N) is 1. The molecule has 4 nitrogen and oxygen atoms in total. The first kappa shape index (κ1) is 8.96. The molecular weight excluding hydrogens is 156 g/mol. The van der Waals surface area contributed by atoms with Crippen molar-refractivity contribution in [3.8, 4) is 5.88 Å². The molecule has 1 aromatic rings. The Morgan fingerprint density at radius 3 is 3.00 bits per heavy atom. The number of nitrogens with zero attached hydrogens (tertiary/aromatic N) is 1. The summed E-state index contributed by atoms with van der Waals surface area (Å²) < 4.78 is 4.90. The molecule has 0 aliphatic carbocycles. The molecule has 0 amide bonds. The van der Waals surface area contributed by atoms with Gasteiger partial charge < -0.3 is 15.6 Å². The Balaban J connectivity index is 2.86. The Labute approximate surface area is 71.0 Å². The largest absolute Gasteiger partial charge is 0.481 e. The molecule has 0 saturated carbocycles. The Morgan fingerprint density at radius 2 is 2.42 bits per heavy atom. The predicted octanol–water partition coefficient (Wildman–Crippen LogP) is 0.0823. The summed E-state index contributed by atoms with van der Waals surface area (Å²) in [6.45, 7) is -0.111. The number of pyridine rings is 1. The molecule has 0 aliphatic heterocycles. The minimum absolute atomic E-state index is 0.111. The van der Waals surface area contributed by atoms with Crippen molar-refractivity contribution in [2.75, 3.05) is 13.7 Å². The highest BCUT2D eigenvalue weighted by Gasteiger charge is 2.05. The molecule has 12 heavy (non-hydrogen) atoms. The average Bonchev–Trinajstić information content (AvgIpc) is 2.17. The van der Waals surface area contributed by atoms with E-state index in [1.165, 1.54) is 7.11 Å². The zero-order valence-corrected chi connectivity index (χ0v) is 6.90. The molecule has 1 atom stereocenters. The molecule has 0 aliphatic rings. The summed E-state index contributed by atoms with van der Waals surface area (Å²) in [4.78, 5) is 4.05. The van der Waals surface area contributed by atoms with Gasteiger partial charge >= 0.3 is 0 Å². The van der Waals surface area contributed by atoms with E-state index in [0.717, 1.165) is 0 Å². The number of rotatable bonds is 3. The number of hydrogen-bond donors (Lipinski definition) is 2. The molecule has 4 heteroatoms. The van der Waals surface area contributed by atoms with Crippen molar-refractivity contribution in [2.24, 2.45) is 5.73 Å². The Kier molecular flexibility index (Phi) is 3.01. The number of aromatic nitrogens is 1. The zero-order valence-electron chi connectivity index (χ0n) is 6.90. The van der Waals surface area contributed by atoms with Crippen molar-refractivity contribution in [3.63, 3.8) is 0 Å². The molecule has 66 valence electrons. The predicted molar refractivity (Wildman–Crippen MR) is 44.8 cm³/mol. The van der Waals surface area contributed by atoms with Crippen LogP contribution < -0.4 is 10.5 Å². The smallest absolute Gasteiger partial charge is 0.213 e. The number of hydrogen-bond acceptors (Lipinski definition) is 4. The van der Waals surface area contributed by atoms with Crippen LogP contribution in [0.1, 0.15) is 11.7 Å². The first-order valence-corrected chi connectivity index (χ1v) is 3.65. The summed E-state index contributed by atoms with van der Waals surface area (Å²) in [5, 5.41) is 8.75. The molecule has 1 aromatic heterocycles. The Morgan fingerprint density at radius 1 is 1.67 bits per heavy atom. The van der Waals surface area contributed by atoms with Crippen LogP contribution in [0, 0.1) is 0 Å². The molecule has 0 spiro atoms. The van der Waals surface area contributed by atoms with Gasteiger partial charge in [0.2, 0.25) is 5.88 Å². The second-order valence-electron chi connectivity index (χ2n) is 2.39. The molecule has 0 saturated heterocycles. The van der Waals surface area contributed by atoms with Crippen LogP contribution in [0.3, 0.4) is 0 Å². The molecule has 0 bridgehead atoms. The number of ether oxygens (including phenoxy) is 1. The molecule has 0 radical (unpaired) electrons. The highest BCUT2D eigenvalue weighted by Crippen LogP contribution is 2.11. The van der Waals surface area contributed by atoms with E-state index in [2.05, 4.69) is 4.98 Å². The van der Waals surface area contributed by atoms with Gasteiger partial charge in [0.25, 0.3) is 0 Å². The van der Waals surface area contributed by atoms with Crippen LogP contribution in [0.15, 0.2) is 18.2 Å². The lowest BCUT2D eigenvalue weighted by molar-refractivity contribution is 0.265. The highest BCUT2D eigenvalue weighted by molar-refractivity contribution is 5.17. The van der Waals surface area contributed by atoms with Gasteiger partial charge in [0.1, 0.15) is 0 Å². The fraction of sp³-hybridized carbons (Fsp3) is 0.375. The normalized spacial score (nSPS) is 12.6. The van der Waals surface area contributed by atoms with Crippen molar-refractivity contribution in [3.05, 3.63) is 23.9 Å². The molecule has 1 heterocycles. The summed E-state index contributed by atoms with van der Waals surface area (Å²) >= 11 is 0. The monoisotopic (exact) mass is 168 g/mol. The van der Waals surface area contributed by atoms with Gasteiger partial charge in [-0.25, -0.2) is 4.98 Å². The summed E-state index contributed by atoms with van der Waals surface area (Å²) in [7, 11) is 1.54. The van der Waals surface area contributed by atoms with Crippen molar-refractivity contribution < 1.29 is 9.84 Å². The van der Waals surface area contributed by atoms with Crippen LogP contribution in [-0.2, 0) is 0 Å². The van der Waals surface area contributed by atoms with Gasteiger partial charge in [0.05, 0.1) is 25.5 Å². The van der Waals surface area contributed by atoms with Gasteiger partial charge in [-0.3, -0.25) is 0 Å². The SMILES string of the molecule is COc1cccc([C@@H](N)CO)n1. The Hall–Kier alpha value is -1.13. The van der Waals surface area contributed by atoms with E-state index in [1.54, 1.807) is 18.2 Å². The fourth-order valence-electron chi connectivity index (χ4n) is 0.845. The topological polar surface area (TPSA) is 68.4 Å². The third-order valence-electron chi connectivity index (χ3n) is 1.53. The van der Waals surface area contributed by atoms with Gasteiger partial charge in [-0.1, -0.05) is 6.07 Å². The van der Waals surface area contributed by atoms with Gasteiger partial charge in [0, 0.05) is 6.07 Å². The van der Waals surface area contributed by atoms with E-state index in [4.69, 9.17) is 15.6 Å². The van der Waals surface area contributed by atoms with Gasteiger partial charge in [-0.2, -0.15) is 0 Å². The van der Waals surface area contributed by atoms with E-state index < -0.39 is 6.04 Å². The molecule has 0 fully saturated rings. The van der Waals surface area contributed by atoms with Crippen molar-refractivity contribution in [2.45, 2.75) is 6.04 Å². The maximum absolute atomic E-state index is 8.75. The second-order valence-corrected chi connectivity index (χ2v) is 2.39. The lowest BCUT2D eigenvalue weighted by atomic mass is 10.2. The standard InChI is InChI=1S/C8H12N2O2/c1-12-8-4-2-3-7(10-8)6(9)5-11/h2-4,6,11H,5,9H2,1H3/t6-/m0/s1. The van der Waals surface area contributed by atoms with Gasteiger partial charge in [-0.05, 0) is 6.07 Å². The lowest BCUT2D eigenvalue weighted by Crippen LogP contribution is -2.16. The van der Waals surface area contributed by atoms with Crippen molar-refractivity contribution in [1.29, 1.82) is 0 Å². The van der Waals surface area contributed by atoms with E-state index in [-0.39, 0.29) is 6.61 Å². The highest BCUT2D eigenvalue weighted by atomic mass is 16.5. The lowest BCUT2D eigenvalue weighted by Gasteiger charge is -2.07. The quantitative estimate of drug-likeness (QED) is 0.670. The van der Waals surface area contributed by atoms with Crippen LogP contribution in [0.2, 0.25) is 0 Å². The summed E-state index contributed by atoms with van der Waals surface area (Å²) in [6.07, 6.45) is 0. The van der Waals surface area contributed by atoms with E-state index >= 15 is 0 Å². The summed E-state index contributed by atoms with van der Waals surface area (Å²) in [5.41, 5.74) is 6.19. The molecule has 0 aromatic carbocycles. The van der Waals surface area contributed by atoms with Gasteiger partial charge in [0.15, 0.2) is 0 Å². The molecule has 3 N–H and O–H groups in total. The third kappa shape index (κ3) is 1.93. The van der Waals surface area contributed by atoms with E-state index in [9.17, 15) is 0 Å². The minimum Gasteiger partial charge on any atom is -0.481 e.